The molecule has 0 radical (unpaired) electrons. The lowest BCUT2D eigenvalue weighted by molar-refractivity contribution is 0.147. The number of pyridine rings is 1. The fraction of sp³-hybridized carbons (Fsp3) is 0.643. The number of nitrogens with two attached hydrogens (primary N) is 1. The van der Waals surface area contributed by atoms with Gasteiger partial charge in [0.05, 0.1) is 12.3 Å². The lowest BCUT2D eigenvalue weighted by Gasteiger charge is -2.10. The van der Waals surface area contributed by atoms with Crippen LogP contribution in [0.25, 0.3) is 0 Å². The van der Waals surface area contributed by atoms with Crippen LogP contribution in [0.5, 0.6) is 5.88 Å². The Morgan fingerprint density at radius 1 is 1.42 bits per heavy atom. The molecule has 0 spiro atoms. The molecule has 1 aromatic rings. The van der Waals surface area contributed by atoms with Crippen molar-refractivity contribution >= 4 is 11.5 Å². The Balaban J connectivity index is 1.77. The molecule has 2 rings (SSSR count). The molecule has 0 unspecified atom stereocenters. The van der Waals surface area contributed by atoms with Crippen LogP contribution in [0.15, 0.2) is 12.1 Å². The van der Waals surface area contributed by atoms with E-state index >= 15 is 0 Å². The molecule has 1 aliphatic rings. The van der Waals surface area contributed by atoms with Gasteiger partial charge in [0.15, 0.2) is 0 Å². The number of hydrogen-bond donors (Lipinski definition) is 2. The largest absolute Gasteiger partial charge is 0.476 e. The predicted octanol–water partition coefficient (Wildman–Crippen LogP) is 2.29. The third kappa shape index (κ3) is 4.95. The summed E-state index contributed by atoms with van der Waals surface area (Å²) >= 11 is 0. The summed E-state index contributed by atoms with van der Waals surface area (Å²) in [6.45, 7) is 5.09. The van der Waals surface area contributed by atoms with Crippen LogP contribution in [-0.2, 0) is 4.74 Å². The summed E-state index contributed by atoms with van der Waals surface area (Å²) in [5.74, 6) is 2.04. The van der Waals surface area contributed by atoms with Crippen LogP contribution in [-0.4, -0.2) is 31.3 Å². The van der Waals surface area contributed by atoms with Crippen molar-refractivity contribution in [2.75, 3.05) is 37.4 Å². The minimum absolute atomic E-state index is 0.543. The van der Waals surface area contributed by atoms with E-state index in [9.17, 15) is 0 Å². The van der Waals surface area contributed by atoms with Crippen LogP contribution in [0, 0.1) is 5.92 Å². The van der Waals surface area contributed by atoms with Gasteiger partial charge in [-0.25, -0.2) is 0 Å². The van der Waals surface area contributed by atoms with Crippen molar-refractivity contribution in [2.24, 2.45) is 5.92 Å². The van der Waals surface area contributed by atoms with E-state index in [1.54, 1.807) is 0 Å². The monoisotopic (exact) mass is 265 g/mol. The molecule has 1 fully saturated rings. The van der Waals surface area contributed by atoms with Gasteiger partial charge in [0.1, 0.15) is 5.82 Å². The number of hydrogen-bond acceptors (Lipinski definition) is 5. The lowest BCUT2D eigenvalue weighted by atomic mass is 10.3. The van der Waals surface area contributed by atoms with Crippen LogP contribution in [0.4, 0.5) is 11.5 Å². The van der Waals surface area contributed by atoms with Gasteiger partial charge < -0.3 is 20.5 Å². The summed E-state index contributed by atoms with van der Waals surface area (Å²) in [5.41, 5.74) is 6.45. The number of nitrogen functional groups attached to an aromatic ring is 1. The third-order valence-corrected chi connectivity index (χ3v) is 3.02. The highest BCUT2D eigenvalue weighted by Crippen LogP contribution is 2.30. The van der Waals surface area contributed by atoms with Crippen LogP contribution >= 0.6 is 0 Å². The molecular formula is C14H23N3O2. The predicted molar refractivity (Wildman–Crippen MR) is 76.5 cm³/mol. The second kappa shape index (κ2) is 7.19. The molecule has 0 aliphatic heterocycles. The first-order valence-corrected chi connectivity index (χ1v) is 7.00. The maximum absolute atomic E-state index is 5.86. The summed E-state index contributed by atoms with van der Waals surface area (Å²) < 4.78 is 10.9. The molecule has 0 amide bonds. The number of aromatic nitrogens is 1. The quantitative estimate of drug-likeness (QED) is 0.670. The van der Waals surface area contributed by atoms with Gasteiger partial charge in [-0.05, 0) is 44.2 Å². The van der Waals surface area contributed by atoms with Crippen LogP contribution in [0.3, 0.4) is 0 Å². The highest BCUT2D eigenvalue weighted by molar-refractivity contribution is 5.53. The van der Waals surface area contributed by atoms with Gasteiger partial charge in [-0.2, -0.15) is 4.98 Å². The highest BCUT2D eigenvalue weighted by Gasteiger charge is 2.22. The van der Waals surface area contributed by atoms with E-state index in [0.717, 1.165) is 38.6 Å². The summed E-state index contributed by atoms with van der Waals surface area (Å²) in [5, 5.41) is 3.25. The standard InChI is InChI=1S/C14H23N3O2/c1-2-18-9-3-8-16-13-7-6-12(15)14(17-13)19-10-11-4-5-11/h6-7,11H,2-5,8-10,15H2,1H3,(H,16,17). The van der Waals surface area contributed by atoms with Crippen molar-refractivity contribution < 1.29 is 9.47 Å². The lowest BCUT2D eigenvalue weighted by Crippen LogP contribution is -2.09. The first-order chi connectivity index (χ1) is 9.29. The Bertz CT molecular complexity index is 394. The molecule has 19 heavy (non-hydrogen) atoms. The molecular weight excluding hydrogens is 242 g/mol. The molecule has 106 valence electrons. The van der Waals surface area contributed by atoms with Crippen molar-refractivity contribution in [1.82, 2.24) is 4.98 Å². The summed E-state index contributed by atoms with van der Waals surface area (Å²) in [7, 11) is 0. The molecule has 1 saturated carbocycles. The Morgan fingerprint density at radius 3 is 3.00 bits per heavy atom. The average Bonchev–Trinajstić information content (AvgIpc) is 3.23. The molecule has 0 saturated heterocycles. The number of anilines is 2. The van der Waals surface area contributed by atoms with Gasteiger partial charge in [-0.1, -0.05) is 0 Å². The zero-order valence-electron chi connectivity index (χ0n) is 11.5. The number of rotatable bonds is 9. The van der Waals surface area contributed by atoms with Crippen molar-refractivity contribution in [1.29, 1.82) is 0 Å². The maximum Gasteiger partial charge on any atom is 0.239 e. The Labute approximate surface area is 114 Å². The highest BCUT2D eigenvalue weighted by atomic mass is 16.5. The van der Waals surface area contributed by atoms with E-state index in [1.807, 2.05) is 19.1 Å². The zero-order valence-corrected chi connectivity index (χ0v) is 11.5. The number of nitrogens with one attached hydrogen (secondary N) is 1. The number of ether oxygens (including phenoxy) is 2. The first-order valence-electron chi connectivity index (χ1n) is 7.00. The van der Waals surface area contributed by atoms with E-state index in [0.29, 0.717) is 17.5 Å². The summed E-state index contributed by atoms with van der Waals surface area (Å²) in [4.78, 5) is 4.39. The van der Waals surface area contributed by atoms with Gasteiger partial charge in [-0.15, -0.1) is 0 Å². The van der Waals surface area contributed by atoms with Gasteiger partial charge >= 0.3 is 0 Å². The smallest absolute Gasteiger partial charge is 0.239 e. The molecule has 3 N–H and O–H groups in total. The number of nitrogens with zero attached hydrogens (tertiary/aromatic N) is 1. The van der Waals surface area contributed by atoms with Gasteiger partial charge in [0, 0.05) is 19.8 Å². The molecule has 5 nitrogen and oxygen atoms in total. The summed E-state index contributed by atoms with van der Waals surface area (Å²) in [6.07, 6.45) is 3.47. The van der Waals surface area contributed by atoms with Crippen molar-refractivity contribution in [2.45, 2.75) is 26.2 Å². The topological polar surface area (TPSA) is 69.4 Å². The second-order valence-corrected chi connectivity index (χ2v) is 4.82. The maximum atomic E-state index is 5.86. The first kappa shape index (κ1) is 13.9. The fourth-order valence-electron chi connectivity index (χ4n) is 1.68. The fourth-order valence-corrected chi connectivity index (χ4v) is 1.68. The Hall–Kier alpha value is -1.49. The van der Waals surface area contributed by atoms with Crippen molar-refractivity contribution in [3.05, 3.63) is 12.1 Å². The van der Waals surface area contributed by atoms with E-state index in [1.165, 1.54) is 12.8 Å². The van der Waals surface area contributed by atoms with Crippen molar-refractivity contribution in [3.63, 3.8) is 0 Å². The van der Waals surface area contributed by atoms with E-state index < -0.39 is 0 Å². The molecule has 1 heterocycles. The van der Waals surface area contributed by atoms with Gasteiger partial charge in [0.2, 0.25) is 5.88 Å². The summed E-state index contributed by atoms with van der Waals surface area (Å²) in [6, 6.07) is 3.71. The molecule has 0 atom stereocenters. The molecule has 1 aliphatic carbocycles. The molecule has 1 aromatic heterocycles. The van der Waals surface area contributed by atoms with Gasteiger partial charge in [-0.3, -0.25) is 0 Å². The van der Waals surface area contributed by atoms with Gasteiger partial charge in [0.25, 0.3) is 0 Å². The van der Waals surface area contributed by atoms with Crippen molar-refractivity contribution in [3.8, 4) is 5.88 Å². The van der Waals surface area contributed by atoms with Crippen LogP contribution < -0.4 is 15.8 Å². The molecule has 0 aromatic carbocycles. The minimum Gasteiger partial charge on any atom is -0.476 e. The molecule has 0 bridgehead atoms. The van der Waals surface area contributed by atoms with E-state index in [2.05, 4.69) is 10.3 Å². The normalized spacial score (nSPS) is 14.4. The second-order valence-electron chi connectivity index (χ2n) is 4.82. The van der Waals surface area contributed by atoms with Crippen LogP contribution in [0.1, 0.15) is 26.2 Å². The average molecular weight is 265 g/mol. The minimum atomic E-state index is 0.543. The SMILES string of the molecule is CCOCCCNc1ccc(N)c(OCC2CC2)n1. The molecule has 5 heteroatoms. The van der Waals surface area contributed by atoms with E-state index in [-0.39, 0.29) is 0 Å². The zero-order chi connectivity index (χ0) is 13.5. The Kier molecular flexibility index (Phi) is 5.27. The van der Waals surface area contributed by atoms with E-state index in [4.69, 9.17) is 15.2 Å². The third-order valence-electron chi connectivity index (χ3n) is 3.02. The van der Waals surface area contributed by atoms with Crippen LogP contribution in [0.2, 0.25) is 0 Å². The Morgan fingerprint density at radius 2 is 2.26 bits per heavy atom.